The Kier molecular flexibility index (Phi) is 10.6. The van der Waals surface area contributed by atoms with Crippen molar-refractivity contribution in [2.45, 2.75) is 54.3 Å². The average Bonchev–Trinajstić information content (AvgIpc) is 3.53. The molecule has 5 atom stereocenters. The van der Waals surface area contributed by atoms with Crippen molar-refractivity contribution in [1.29, 1.82) is 0 Å². The Balaban J connectivity index is 1.51. The molecular formula is C27H37IN3O7S-. The van der Waals surface area contributed by atoms with Crippen LogP contribution in [0.5, 0.6) is 0 Å². The third-order valence-electron chi connectivity index (χ3n) is 6.57. The molecule has 1 amide bonds. The quantitative estimate of drug-likeness (QED) is 0.147. The van der Waals surface area contributed by atoms with Gasteiger partial charge >= 0.3 is 241 Å². The molecule has 2 aliphatic rings. The maximum atomic E-state index is 13.6. The van der Waals surface area contributed by atoms with Crippen LogP contribution in [0.2, 0.25) is 0 Å². The van der Waals surface area contributed by atoms with E-state index in [0.717, 1.165) is 15.6 Å². The summed E-state index contributed by atoms with van der Waals surface area (Å²) in [6.45, 7) is 4.99. The summed E-state index contributed by atoms with van der Waals surface area (Å²) in [7, 11) is -3.91. The van der Waals surface area contributed by atoms with Gasteiger partial charge in [-0.1, -0.05) is 0 Å². The van der Waals surface area contributed by atoms with E-state index in [1.54, 1.807) is 12.1 Å². The summed E-state index contributed by atoms with van der Waals surface area (Å²) in [6.07, 6.45) is -1.86. The Morgan fingerprint density at radius 3 is 2.54 bits per heavy atom. The van der Waals surface area contributed by atoms with E-state index < -0.39 is 53.6 Å². The monoisotopic (exact) mass is 674 g/mol. The van der Waals surface area contributed by atoms with E-state index in [1.165, 1.54) is 16.4 Å². The summed E-state index contributed by atoms with van der Waals surface area (Å²) >= 11 is -0.949. The molecule has 0 aromatic heterocycles. The first-order valence-corrected chi connectivity index (χ1v) is 16.8. The second kappa shape index (κ2) is 13.7. The van der Waals surface area contributed by atoms with Gasteiger partial charge in [0, 0.05) is 0 Å². The molecule has 0 radical (unpaired) electrons. The number of rotatable bonds is 12. The molecule has 39 heavy (non-hydrogen) atoms. The Labute approximate surface area is 240 Å². The summed E-state index contributed by atoms with van der Waals surface area (Å²) in [4.78, 5) is 13.1. The van der Waals surface area contributed by atoms with Crippen molar-refractivity contribution >= 4 is 16.1 Å². The minimum atomic E-state index is -3.91. The van der Waals surface area contributed by atoms with Crippen LogP contribution in [0.1, 0.15) is 25.8 Å². The predicted molar refractivity (Wildman–Crippen MR) is 140 cm³/mol. The van der Waals surface area contributed by atoms with Gasteiger partial charge in [-0.3, -0.25) is 0 Å². The van der Waals surface area contributed by atoms with E-state index >= 15 is 0 Å². The Bertz CT molecular complexity index is 1180. The summed E-state index contributed by atoms with van der Waals surface area (Å²) in [5, 5.41) is 14.2. The summed E-state index contributed by atoms with van der Waals surface area (Å²) in [5.74, 6) is -0.000269. The van der Waals surface area contributed by atoms with Gasteiger partial charge in [0.25, 0.3) is 0 Å². The SMILES string of the molecule is CC(C)CN(C[C@@H](O)[C@@H](NC(=O)O[C@H]1CO[C@H]2OCCC21)[I-]c1ccccc1)S(=O)(=O)c1ccc(CN)cc1. The van der Waals surface area contributed by atoms with Gasteiger partial charge in [-0.15, -0.1) is 0 Å². The molecule has 0 saturated carbocycles. The molecular weight excluding hydrogens is 637 g/mol. The van der Waals surface area contributed by atoms with Crippen LogP contribution in [-0.2, 0) is 30.8 Å². The van der Waals surface area contributed by atoms with E-state index in [-0.39, 0.29) is 42.7 Å². The Hall–Kier alpha value is -1.81. The standard InChI is InChI=1S/C27H37IN3O7S/c1-18(2)15-31(39(34,35)21-10-8-19(14-29)9-11-21)16-23(32)25(28-20-6-4-3-5-7-20)30-27(33)38-24-17-37-26-22(24)12-13-36-26/h3-11,18,22-26,32H,12-17,29H2,1-2H3,(H,30,33)/q-1/t22?,23-,24+,25-,26-/m1/s1. The Morgan fingerprint density at radius 2 is 1.87 bits per heavy atom. The van der Waals surface area contributed by atoms with Crippen molar-refractivity contribution in [3.8, 4) is 0 Å². The van der Waals surface area contributed by atoms with E-state index in [2.05, 4.69) is 5.32 Å². The molecule has 12 heteroatoms. The molecule has 0 bridgehead atoms. The zero-order valence-electron chi connectivity index (χ0n) is 22.1. The number of carbonyl (C=O) groups excluding carboxylic acids is 1. The first-order chi connectivity index (χ1) is 18.7. The molecule has 0 aliphatic carbocycles. The second-order valence-corrected chi connectivity index (χ2v) is 15.2. The summed E-state index contributed by atoms with van der Waals surface area (Å²) < 4.78 is 45.5. The van der Waals surface area contributed by atoms with Gasteiger partial charge in [0.2, 0.25) is 0 Å². The normalized spacial score (nSPS) is 22.7. The molecule has 10 nitrogen and oxygen atoms in total. The molecule has 2 aromatic rings. The van der Waals surface area contributed by atoms with Crippen LogP contribution in [0.25, 0.3) is 0 Å². The fourth-order valence-electron chi connectivity index (χ4n) is 4.58. The maximum absolute atomic E-state index is 13.6. The van der Waals surface area contributed by atoms with Crippen LogP contribution >= 0.6 is 0 Å². The zero-order chi connectivity index (χ0) is 28.0. The van der Waals surface area contributed by atoms with Crippen LogP contribution in [0.4, 0.5) is 4.79 Å². The average molecular weight is 675 g/mol. The van der Waals surface area contributed by atoms with Crippen LogP contribution in [0.3, 0.4) is 0 Å². The zero-order valence-corrected chi connectivity index (χ0v) is 25.1. The number of hydrogen-bond acceptors (Lipinski definition) is 8. The first-order valence-electron chi connectivity index (χ1n) is 13.0. The molecule has 2 aliphatic heterocycles. The third-order valence-corrected chi connectivity index (χ3v) is 11.7. The number of nitrogens with one attached hydrogen (secondary N) is 1. The summed E-state index contributed by atoms with van der Waals surface area (Å²) in [5.41, 5.74) is 6.49. The number of halogens is 1. The minimum absolute atomic E-state index is 0.0134. The van der Waals surface area contributed by atoms with Crippen molar-refractivity contribution in [2.24, 2.45) is 17.6 Å². The number of nitrogens with two attached hydrogens (primary N) is 1. The number of carbonyl (C=O) groups is 1. The number of alkyl halides is 1. The second-order valence-electron chi connectivity index (χ2n) is 10.1. The number of benzene rings is 2. The number of ether oxygens (including phenoxy) is 3. The molecule has 2 aromatic carbocycles. The molecule has 0 spiro atoms. The van der Waals surface area contributed by atoms with Crippen LogP contribution in [0, 0.1) is 15.4 Å². The van der Waals surface area contributed by atoms with Gasteiger partial charge in [-0.05, 0) is 0 Å². The van der Waals surface area contributed by atoms with E-state index in [4.69, 9.17) is 19.9 Å². The van der Waals surface area contributed by atoms with Gasteiger partial charge in [-0.25, -0.2) is 0 Å². The van der Waals surface area contributed by atoms with E-state index in [1.807, 2.05) is 44.2 Å². The number of fused-ring (bicyclic) bond motifs is 1. The first kappa shape index (κ1) is 30.2. The van der Waals surface area contributed by atoms with Crippen LogP contribution in [0.15, 0.2) is 59.5 Å². The number of sulfonamides is 1. The van der Waals surface area contributed by atoms with Gasteiger partial charge in [0.15, 0.2) is 0 Å². The number of aliphatic hydroxyl groups excluding tert-OH is 1. The fourth-order valence-corrected chi connectivity index (χ4v) is 8.86. The third kappa shape index (κ3) is 7.90. The molecule has 2 heterocycles. The van der Waals surface area contributed by atoms with E-state index in [9.17, 15) is 18.3 Å². The van der Waals surface area contributed by atoms with Crippen molar-refractivity contribution in [2.75, 3.05) is 26.3 Å². The molecule has 216 valence electrons. The van der Waals surface area contributed by atoms with Gasteiger partial charge in [0.1, 0.15) is 0 Å². The number of amides is 1. The van der Waals surface area contributed by atoms with E-state index in [0.29, 0.717) is 13.2 Å². The van der Waals surface area contributed by atoms with Crippen molar-refractivity contribution < 1.29 is 53.7 Å². The molecule has 2 fully saturated rings. The number of alkyl carbamates (subject to hydrolysis) is 1. The fraction of sp³-hybridized carbons (Fsp3) is 0.519. The predicted octanol–water partition coefficient (Wildman–Crippen LogP) is -1.07. The molecule has 1 unspecified atom stereocenters. The van der Waals surface area contributed by atoms with Crippen molar-refractivity contribution in [3.05, 3.63) is 63.7 Å². The van der Waals surface area contributed by atoms with Gasteiger partial charge in [-0.2, -0.15) is 0 Å². The van der Waals surface area contributed by atoms with Crippen LogP contribution < -0.4 is 32.3 Å². The number of aliphatic hydroxyl groups is 1. The van der Waals surface area contributed by atoms with Crippen LogP contribution in [-0.4, -0.2) is 72.8 Å². The van der Waals surface area contributed by atoms with Gasteiger partial charge in [0.05, 0.1) is 0 Å². The molecule has 4 N–H and O–H groups in total. The van der Waals surface area contributed by atoms with Crippen molar-refractivity contribution in [3.63, 3.8) is 0 Å². The number of hydrogen-bond donors (Lipinski definition) is 3. The molecule has 2 saturated heterocycles. The van der Waals surface area contributed by atoms with Crippen molar-refractivity contribution in [1.82, 2.24) is 9.62 Å². The summed E-state index contributed by atoms with van der Waals surface area (Å²) in [6, 6.07) is 16.0. The van der Waals surface area contributed by atoms with Gasteiger partial charge < -0.3 is 0 Å². The Morgan fingerprint density at radius 1 is 1.15 bits per heavy atom. The number of nitrogens with zero attached hydrogens (tertiary/aromatic N) is 1. The topological polar surface area (TPSA) is 140 Å². The molecule has 4 rings (SSSR count).